The fourth-order valence-corrected chi connectivity index (χ4v) is 2.06. The minimum atomic E-state index is 0.970. The second-order valence-electron chi connectivity index (χ2n) is 4.09. The summed E-state index contributed by atoms with van der Waals surface area (Å²) in [6.07, 6.45) is 6.80. The van der Waals surface area contributed by atoms with Gasteiger partial charge >= 0.3 is 0 Å². The van der Waals surface area contributed by atoms with E-state index >= 15 is 0 Å². The van der Waals surface area contributed by atoms with Gasteiger partial charge in [0.1, 0.15) is 0 Å². The summed E-state index contributed by atoms with van der Waals surface area (Å²) < 4.78 is 0. The van der Waals surface area contributed by atoms with Crippen molar-refractivity contribution < 1.29 is 0 Å². The summed E-state index contributed by atoms with van der Waals surface area (Å²) in [6, 6.07) is 0. The Labute approximate surface area is 70.7 Å². The van der Waals surface area contributed by atoms with Gasteiger partial charge in [-0.25, -0.2) is 0 Å². The summed E-state index contributed by atoms with van der Waals surface area (Å²) in [5.41, 5.74) is 1.45. The van der Waals surface area contributed by atoms with Gasteiger partial charge in [0.15, 0.2) is 0 Å². The van der Waals surface area contributed by atoms with Crippen LogP contribution in [-0.2, 0) is 0 Å². The van der Waals surface area contributed by atoms with Crippen LogP contribution < -0.4 is 0 Å². The first-order valence-corrected chi connectivity index (χ1v) is 4.89. The normalized spacial score (nSPS) is 30.7. The van der Waals surface area contributed by atoms with Crippen molar-refractivity contribution in [2.75, 3.05) is 0 Å². The molecular weight excluding hydrogens is 132 g/mol. The van der Waals surface area contributed by atoms with E-state index in [0.717, 1.165) is 11.8 Å². The Morgan fingerprint density at radius 3 is 2.64 bits per heavy atom. The maximum absolute atomic E-state index is 4.06. The van der Waals surface area contributed by atoms with Gasteiger partial charge in [-0.2, -0.15) is 0 Å². The molecule has 64 valence electrons. The van der Waals surface area contributed by atoms with Crippen LogP contribution in [0.15, 0.2) is 12.2 Å². The quantitative estimate of drug-likeness (QED) is 0.540. The van der Waals surface area contributed by atoms with Crippen molar-refractivity contribution in [1.29, 1.82) is 0 Å². The first kappa shape index (κ1) is 8.83. The Morgan fingerprint density at radius 2 is 2.18 bits per heavy atom. The van der Waals surface area contributed by atoms with E-state index in [4.69, 9.17) is 0 Å². The van der Waals surface area contributed by atoms with E-state index in [1.807, 2.05) is 0 Å². The highest BCUT2D eigenvalue weighted by Gasteiger charge is 2.20. The molecule has 0 nitrogen and oxygen atoms in total. The SMILES string of the molecule is C=C(CC)CC1CCC(C)C1. The predicted molar refractivity (Wildman–Crippen MR) is 50.6 cm³/mol. The molecule has 0 amide bonds. The van der Waals surface area contributed by atoms with Crippen LogP contribution in [0.2, 0.25) is 0 Å². The number of hydrogen-bond donors (Lipinski definition) is 0. The van der Waals surface area contributed by atoms with Crippen molar-refractivity contribution in [1.82, 2.24) is 0 Å². The second kappa shape index (κ2) is 3.94. The molecule has 0 heterocycles. The minimum absolute atomic E-state index is 0.970. The van der Waals surface area contributed by atoms with Gasteiger partial charge in [0.05, 0.1) is 0 Å². The fraction of sp³-hybridized carbons (Fsp3) is 0.818. The van der Waals surface area contributed by atoms with Crippen molar-refractivity contribution in [3.63, 3.8) is 0 Å². The third-order valence-electron chi connectivity index (χ3n) is 2.88. The third-order valence-corrected chi connectivity index (χ3v) is 2.88. The lowest BCUT2D eigenvalue weighted by molar-refractivity contribution is 0.507. The van der Waals surface area contributed by atoms with E-state index in [-0.39, 0.29) is 0 Å². The van der Waals surface area contributed by atoms with E-state index in [1.54, 1.807) is 0 Å². The Kier molecular flexibility index (Phi) is 3.16. The van der Waals surface area contributed by atoms with Crippen LogP contribution in [0.5, 0.6) is 0 Å². The molecule has 2 atom stereocenters. The molecule has 11 heavy (non-hydrogen) atoms. The lowest BCUT2D eigenvalue weighted by Crippen LogP contribution is -1.95. The first-order valence-electron chi connectivity index (χ1n) is 4.89. The molecule has 0 bridgehead atoms. The number of allylic oxidation sites excluding steroid dienone is 1. The van der Waals surface area contributed by atoms with Crippen LogP contribution in [-0.4, -0.2) is 0 Å². The number of hydrogen-bond acceptors (Lipinski definition) is 0. The molecule has 0 aromatic carbocycles. The maximum atomic E-state index is 4.06. The lowest BCUT2D eigenvalue weighted by atomic mass is 9.97. The van der Waals surface area contributed by atoms with Crippen molar-refractivity contribution in [3.8, 4) is 0 Å². The van der Waals surface area contributed by atoms with Crippen LogP contribution in [0.1, 0.15) is 46.0 Å². The predicted octanol–water partition coefficient (Wildman–Crippen LogP) is 3.78. The summed E-state index contributed by atoms with van der Waals surface area (Å²) in [5, 5.41) is 0. The minimum Gasteiger partial charge on any atom is -0.0999 e. The lowest BCUT2D eigenvalue weighted by Gasteiger charge is -2.09. The van der Waals surface area contributed by atoms with Gasteiger partial charge in [-0.05, 0) is 37.5 Å². The summed E-state index contributed by atoms with van der Waals surface area (Å²) in [4.78, 5) is 0. The van der Waals surface area contributed by atoms with Gasteiger partial charge in [-0.3, -0.25) is 0 Å². The van der Waals surface area contributed by atoms with Crippen molar-refractivity contribution in [2.24, 2.45) is 11.8 Å². The standard InChI is InChI=1S/C11H20/c1-4-9(2)7-11-6-5-10(3)8-11/h10-11H,2,4-8H2,1,3H3. The van der Waals surface area contributed by atoms with Crippen LogP contribution in [0, 0.1) is 11.8 Å². The van der Waals surface area contributed by atoms with E-state index in [1.165, 1.54) is 37.7 Å². The van der Waals surface area contributed by atoms with Gasteiger partial charge in [-0.1, -0.05) is 32.4 Å². The van der Waals surface area contributed by atoms with Crippen molar-refractivity contribution >= 4 is 0 Å². The third kappa shape index (κ3) is 2.69. The van der Waals surface area contributed by atoms with Crippen LogP contribution in [0.25, 0.3) is 0 Å². The van der Waals surface area contributed by atoms with E-state index in [9.17, 15) is 0 Å². The first-order chi connectivity index (χ1) is 5.22. The molecule has 0 saturated heterocycles. The maximum Gasteiger partial charge on any atom is -0.0294 e. The van der Waals surface area contributed by atoms with Gasteiger partial charge in [-0.15, -0.1) is 0 Å². The molecule has 0 aromatic heterocycles. The highest BCUT2D eigenvalue weighted by molar-refractivity contribution is 4.95. The highest BCUT2D eigenvalue weighted by Crippen LogP contribution is 2.34. The monoisotopic (exact) mass is 152 g/mol. The van der Waals surface area contributed by atoms with Gasteiger partial charge in [0.25, 0.3) is 0 Å². The average molecular weight is 152 g/mol. The van der Waals surface area contributed by atoms with E-state index in [2.05, 4.69) is 20.4 Å². The highest BCUT2D eigenvalue weighted by atomic mass is 14.3. The zero-order chi connectivity index (χ0) is 8.27. The summed E-state index contributed by atoms with van der Waals surface area (Å²) in [5.74, 6) is 1.95. The van der Waals surface area contributed by atoms with Crippen LogP contribution in [0.3, 0.4) is 0 Å². The molecule has 1 saturated carbocycles. The molecule has 0 heteroatoms. The molecule has 1 aliphatic rings. The molecule has 2 unspecified atom stereocenters. The van der Waals surface area contributed by atoms with Crippen LogP contribution in [0.4, 0.5) is 0 Å². The second-order valence-corrected chi connectivity index (χ2v) is 4.09. The smallest absolute Gasteiger partial charge is 0.0294 e. The Bertz CT molecular complexity index is 135. The van der Waals surface area contributed by atoms with Crippen molar-refractivity contribution in [3.05, 3.63) is 12.2 Å². The molecule has 1 fully saturated rings. The molecule has 1 aliphatic carbocycles. The largest absolute Gasteiger partial charge is 0.0999 e. The van der Waals surface area contributed by atoms with E-state index < -0.39 is 0 Å². The van der Waals surface area contributed by atoms with Crippen molar-refractivity contribution in [2.45, 2.75) is 46.0 Å². The van der Waals surface area contributed by atoms with E-state index in [0.29, 0.717) is 0 Å². The molecule has 0 aromatic rings. The fourth-order valence-electron chi connectivity index (χ4n) is 2.06. The topological polar surface area (TPSA) is 0 Å². The summed E-state index contributed by atoms with van der Waals surface area (Å²) >= 11 is 0. The number of rotatable bonds is 3. The zero-order valence-corrected chi connectivity index (χ0v) is 7.90. The molecular formula is C11H20. The average Bonchev–Trinajstić information content (AvgIpc) is 2.35. The van der Waals surface area contributed by atoms with Crippen LogP contribution >= 0.6 is 0 Å². The summed E-state index contributed by atoms with van der Waals surface area (Å²) in [7, 11) is 0. The summed E-state index contributed by atoms with van der Waals surface area (Å²) in [6.45, 7) is 8.64. The Balaban J connectivity index is 2.23. The molecule has 1 rings (SSSR count). The van der Waals surface area contributed by atoms with Gasteiger partial charge < -0.3 is 0 Å². The molecule has 0 spiro atoms. The molecule has 0 N–H and O–H groups in total. The molecule has 0 radical (unpaired) electrons. The Morgan fingerprint density at radius 1 is 1.45 bits per heavy atom. The Hall–Kier alpha value is -0.260. The zero-order valence-electron chi connectivity index (χ0n) is 7.90. The van der Waals surface area contributed by atoms with Gasteiger partial charge in [0.2, 0.25) is 0 Å². The van der Waals surface area contributed by atoms with Gasteiger partial charge in [0, 0.05) is 0 Å². The molecule has 0 aliphatic heterocycles.